The number of sulfone groups is 2. The van der Waals surface area contributed by atoms with Gasteiger partial charge < -0.3 is 11.5 Å². The summed E-state index contributed by atoms with van der Waals surface area (Å²) < 4.78 is 78.1. The number of nitrogen functional groups attached to an aromatic ring is 2. The molecule has 6 N–H and O–H groups in total. The molecule has 0 bridgehead atoms. The van der Waals surface area contributed by atoms with Crippen LogP contribution in [0.3, 0.4) is 0 Å². The zero-order valence-corrected chi connectivity index (χ0v) is 21.3. The van der Waals surface area contributed by atoms with Crippen LogP contribution in [0.5, 0.6) is 0 Å². The lowest BCUT2D eigenvalue weighted by Gasteiger charge is -2.14. The molecule has 0 atom stereocenters. The molecule has 4 rings (SSSR count). The van der Waals surface area contributed by atoms with Gasteiger partial charge in [-0.05, 0) is 53.6 Å². The van der Waals surface area contributed by atoms with Crippen LogP contribution in [0.25, 0.3) is 10.8 Å². The van der Waals surface area contributed by atoms with E-state index in [0.29, 0.717) is 22.5 Å². The maximum absolute atomic E-state index is 13.4. The summed E-state index contributed by atoms with van der Waals surface area (Å²) in [7, 11) is -12.5. The predicted octanol–water partition coefficient (Wildman–Crippen LogP) is 2.60. The van der Waals surface area contributed by atoms with Gasteiger partial charge in [0.2, 0.25) is 10.0 Å². The van der Waals surface area contributed by atoms with Gasteiger partial charge in [-0.15, -0.1) is 0 Å². The minimum absolute atomic E-state index is 0.0599. The van der Waals surface area contributed by atoms with Gasteiger partial charge in [-0.1, -0.05) is 36.4 Å². The molecule has 0 fully saturated rings. The Morgan fingerprint density at radius 2 is 1.03 bits per heavy atom. The predicted molar refractivity (Wildman–Crippen MR) is 139 cm³/mol. The third kappa shape index (κ3) is 5.36. The Hall–Kier alpha value is -3.45. The third-order valence-corrected chi connectivity index (χ3v) is 9.92. The van der Waals surface area contributed by atoms with Crippen molar-refractivity contribution in [1.82, 2.24) is 0 Å². The van der Waals surface area contributed by atoms with Crippen LogP contribution in [0.4, 0.5) is 11.4 Å². The van der Waals surface area contributed by atoms with Crippen molar-refractivity contribution in [3.8, 4) is 0 Å². The van der Waals surface area contributed by atoms with Crippen molar-refractivity contribution in [2.45, 2.75) is 26.2 Å². The Morgan fingerprint density at radius 1 is 0.556 bits per heavy atom. The lowest BCUT2D eigenvalue weighted by molar-refractivity contribution is 0.592. The van der Waals surface area contributed by atoms with Crippen molar-refractivity contribution < 1.29 is 25.3 Å². The van der Waals surface area contributed by atoms with Crippen molar-refractivity contribution in [1.29, 1.82) is 0 Å². The molecule has 4 aromatic carbocycles. The van der Waals surface area contributed by atoms with Crippen LogP contribution in [0.15, 0.2) is 93.5 Å². The largest absolute Gasteiger partial charge is 0.399 e. The van der Waals surface area contributed by atoms with E-state index in [4.69, 9.17) is 16.6 Å². The first-order valence-corrected chi connectivity index (χ1v) is 15.4. The van der Waals surface area contributed by atoms with E-state index < -0.39 is 46.1 Å². The molecule has 0 radical (unpaired) electrons. The Bertz CT molecular complexity index is 1780. The summed E-state index contributed by atoms with van der Waals surface area (Å²) in [5, 5.41) is 5.33. The summed E-state index contributed by atoms with van der Waals surface area (Å²) in [5.41, 5.74) is 13.1. The first-order valence-electron chi connectivity index (χ1n) is 10.5. The van der Waals surface area contributed by atoms with Crippen LogP contribution in [-0.2, 0) is 41.2 Å². The van der Waals surface area contributed by atoms with E-state index in [0.717, 1.165) is 12.1 Å². The second kappa shape index (κ2) is 9.21. The minimum atomic E-state index is -4.37. The number of rotatable bonds is 7. The number of sulfonamides is 1. The second-order valence-corrected chi connectivity index (χ2v) is 13.8. The highest BCUT2D eigenvalue weighted by atomic mass is 32.2. The lowest BCUT2D eigenvalue weighted by Crippen LogP contribution is -2.15. The first-order chi connectivity index (χ1) is 16.8. The summed E-state index contributed by atoms with van der Waals surface area (Å²) in [5.74, 6) is -0.863. The SMILES string of the molecule is Nc1ccc(CS(=O)(=O)c2cc(S(N)(=O)=O)cc3c(S(=O)(=O)Cc4ccc(N)cc4)cccc23)cc1. The van der Waals surface area contributed by atoms with Gasteiger partial charge in [0.15, 0.2) is 19.7 Å². The van der Waals surface area contributed by atoms with Crippen LogP contribution < -0.4 is 16.6 Å². The maximum atomic E-state index is 13.4. The van der Waals surface area contributed by atoms with Crippen LogP contribution in [0.1, 0.15) is 11.1 Å². The maximum Gasteiger partial charge on any atom is 0.238 e. The zero-order chi connectivity index (χ0) is 26.3. The molecule has 0 spiro atoms. The monoisotopic (exact) mass is 545 g/mol. The molecule has 188 valence electrons. The highest BCUT2D eigenvalue weighted by Gasteiger charge is 2.26. The van der Waals surface area contributed by atoms with E-state index in [1.54, 1.807) is 48.5 Å². The second-order valence-electron chi connectivity index (χ2n) is 8.32. The fourth-order valence-corrected chi connectivity index (χ4v) is 7.64. The molecule has 9 nitrogen and oxygen atoms in total. The van der Waals surface area contributed by atoms with Crippen molar-refractivity contribution in [3.63, 3.8) is 0 Å². The summed E-state index contributed by atoms with van der Waals surface area (Å²) >= 11 is 0. The van der Waals surface area contributed by atoms with Gasteiger partial charge >= 0.3 is 0 Å². The van der Waals surface area contributed by atoms with Crippen LogP contribution in [0.2, 0.25) is 0 Å². The number of primary sulfonamides is 1. The van der Waals surface area contributed by atoms with Gasteiger partial charge in [0.05, 0.1) is 26.2 Å². The van der Waals surface area contributed by atoms with Gasteiger partial charge in [0.25, 0.3) is 0 Å². The van der Waals surface area contributed by atoms with Gasteiger partial charge in [-0.2, -0.15) is 0 Å². The van der Waals surface area contributed by atoms with Crippen molar-refractivity contribution in [3.05, 3.63) is 90.0 Å². The van der Waals surface area contributed by atoms with E-state index >= 15 is 0 Å². The van der Waals surface area contributed by atoms with Gasteiger partial charge in [-0.25, -0.2) is 30.4 Å². The summed E-state index contributed by atoms with van der Waals surface area (Å²) in [4.78, 5) is -1.07. The Balaban J connectivity index is 1.93. The van der Waals surface area contributed by atoms with Crippen LogP contribution >= 0.6 is 0 Å². The Labute approximate surface area is 209 Å². The highest BCUT2D eigenvalue weighted by molar-refractivity contribution is 7.91. The topological polar surface area (TPSA) is 180 Å². The van der Waals surface area contributed by atoms with Crippen LogP contribution in [-0.4, -0.2) is 25.3 Å². The molecule has 0 amide bonds. The molecule has 0 saturated carbocycles. The molecule has 12 heteroatoms. The molecule has 0 aliphatic rings. The molecule has 0 saturated heterocycles. The van der Waals surface area contributed by atoms with Crippen molar-refractivity contribution in [2.75, 3.05) is 11.5 Å². The van der Waals surface area contributed by atoms with Gasteiger partial charge in [0.1, 0.15) is 0 Å². The number of benzene rings is 4. The fourth-order valence-electron chi connectivity index (χ4n) is 3.81. The van der Waals surface area contributed by atoms with Gasteiger partial charge in [-0.3, -0.25) is 0 Å². The van der Waals surface area contributed by atoms with Crippen molar-refractivity contribution >= 4 is 51.8 Å². The summed E-state index contributed by atoms with van der Waals surface area (Å²) in [6, 6.07) is 18.6. The quantitative estimate of drug-likeness (QED) is 0.296. The number of hydrogen-bond acceptors (Lipinski definition) is 8. The van der Waals surface area contributed by atoms with E-state index in [1.165, 1.54) is 18.2 Å². The lowest BCUT2D eigenvalue weighted by atomic mass is 10.1. The molecule has 0 aromatic heterocycles. The average molecular weight is 546 g/mol. The average Bonchev–Trinajstić information content (AvgIpc) is 2.80. The third-order valence-electron chi connectivity index (χ3n) is 5.56. The normalized spacial score (nSPS) is 12.6. The molecule has 0 unspecified atom stereocenters. The molecule has 0 heterocycles. The van der Waals surface area contributed by atoms with E-state index in [9.17, 15) is 25.3 Å². The Kier molecular flexibility index (Phi) is 6.56. The van der Waals surface area contributed by atoms with Gasteiger partial charge in [0, 0.05) is 22.1 Å². The zero-order valence-electron chi connectivity index (χ0n) is 18.8. The molecule has 36 heavy (non-hydrogen) atoms. The smallest absolute Gasteiger partial charge is 0.238 e. The number of fused-ring (bicyclic) bond motifs is 1. The van der Waals surface area contributed by atoms with Crippen molar-refractivity contribution in [2.24, 2.45) is 5.14 Å². The molecule has 0 aliphatic carbocycles. The molecular weight excluding hydrogens is 522 g/mol. The minimum Gasteiger partial charge on any atom is -0.399 e. The summed E-state index contributed by atoms with van der Waals surface area (Å²) in [6.07, 6.45) is 0. The fraction of sp³-hybridized carbons (Fsp3) is 0.0833. The first kappa shape index (κ1) is 25.6. The molecular formula is C24H23N3O6S3. The van der Waals surface area contributed by atoms with E-state index in [1.807, 2.05) is 0 Å². The summed E-state index contributed by atoms with van der Waals surface area (Å²) in [6.45, 7) is 0. The molecule has 0 aliphatic heterocycles. The standard InChI is InChI=1S/C24H23N3O6S3/c25-18-8-4-16(5-9-18)14-34(28,29)23-3-1-2-21-22(23)12-20(36(27,32)33)13-24(21)35(30,31)15-17-6-10-19(26)11-7-17/h1-13H,14-15,25-26H2,(H2,27,32,33). The number of nitrogens with two attached hydrogens (primary N) is 3. The van der Waals surface area contributed by atoms with Crippen LogP contribution in [0, 0.1) is 0 Å². The highest BCUT2D eigenvalue weighted by Crippen LogP contribution is 2.34. The number of hydrogen-bond donors (Lipinski definition) is 3. The molecule has 4 aromatic rings. The number of anilines is 2. The van der Waals surface area contributed by atoms with E-state index in [2.05, 4.69) is 0 Å². The van der Waals surface area contributed by atoms with E-state index in [-0.39, 0.29) is 20.6 Å². The Morgan fingerprint density at radius 3 is 1.50 bits per heavy atom.